The second-order valence-electron chi connectivity index (χ2n) is 13.3. The average molecular weight is 741 g/mol. The Labute approximate surface area is 301 Å². The fourth-order valence-electron chi connectivity index (χ4n) is 5.59. The molecule has 0 spiro atoms. The lowest BCUT2D eigenvalue weighted by Crippen LogP contribution is -2.61. The molecular formula is C33H52N6O13. The van der Waals surface area contributed by atoms with E-state index in [1.165, 1.54) is 4.90 Å². The number of ketones is 1. The summed E-state index contributed by atoms with van der Waals surface area (Å²) in [6, 6.07) is -7.70. The summed E-state index contributed by atoms with van der Waals surface area (Å²) >= 11 is 0. The molecule has 1 saturated heterocycles. The Bertz CT molecular complexity index is 1370. The summed E-state index contributed by atoms with van der Waals surface area (Å²) in [4.78, 5) is 126. The van der Waals surface area contributed by atoms with Gasteiger partial charge in [0.25, 0.3) is 5.78 Å². The maximum atomic E-state index is 13.8. The van der Waals surface area contributed by atoms with Crippen molar-refractivity contribution in [2.75, 3.05) is 6.54 Å². The van der Waals surface area contributed by atoms with Crippen molar-refractivity contribution in [2.24, 2.45) is 11.8 Å². The second kappa shape index (κ2) is 21.3. The van der Waals surface area contributed by atoms with Gasteiger partial charge in [0, 0.05) is 26.3 Å². The van der Waals surface area contributed by atoms with Gasteiger partial charge in [-0.1, -0.05) is 41.0 Å². The Morgan fingerprint density at radius 1 is 0.654 bits per heavy atom. The highest BCUT2D eigenvalue weighted by Gasteiger charge is 2.41. The minimum atomic E-state index is -1.70. The molecule has 0 aromatic heterocycles. The first-order chi connectivity index (χ1) is 24.2. The predicted molar refractivity (Wildman–Crippen MR) is 181 cm³/mol. The van der Waals surface area contributed by atoms with Crippen LogP contribution in [0.1, 0.15) is 92.9 Å². The smallest absolute Gasteiger partial charge is 0.374 e. The molecule has 1 heterocycles. The topological polar surface area (TPSA) is 295 Å². The molecule has 6 unspecified atom stereocenters. The van der Waals surface area contributed by atoms with Gasteiger partial charge in [-0.05, 0) is 43.9 Å². The molecule has 1 aliphatic rings. The van der Waals surface area contributed by atoms with Crippen LogP contribution in [0.15, 0.2) is 0 Å². The number of rotatable bonds is 22. The zero-order valence-electron chi connectivity index (χ0n) is 30.4. The molecule has 6 atom stereocenters. The summed E-state index contributed by atoms with van der Waals surface area (Å²) in [5.41, 5.74) is 0. The van der Waals surface area contributed by atoms with Crippen LogP contribution in [0.2, 0.25) is 0 Å². The van der Waals surface area contributed by atoms with Crippen molar-refractivity contribution in [1.82, 2.24) is 31.5 Å². The molecule has 19 nitrogen and oxygen atoms in total. The number of hydrogen-bond donors (Lipinski definition) is 8. The van der Waals surface area contributed by atoms with Crippen LogP contribution in [0.25, 0.3) is 0 Å². The fraction of sp³-hybridized carbons (Fsp3) is 0.697. The number of carbonyl (C=O) groups excluding carboxylic acids is 7. The van der Waals surface area contributed by atoms with Gasteiger partial charge in [0.05, 0.1) is 6.04 Å². The standard InChI is InChI=1S/C33H52N6O13/c1-7-9-19(27(45)33(51)52)35-30(48)22-10-8-15-39(22)32(50)26(17(4)5)38-31(49)25(16(2)3)37-29(47)21(12-14-24(43)44)36-28(46)20(34-18(6)40)11-13-23(41)42/h16-17,19-22,25-26H,7-15H2,1-6H3,(H,34,40)(H,35,48)(H,36,46)(H,37,47)(H,38,49)(H,41,42)(H,43,44)(H,51,52). The molecule has 0 aromatic rings. The maximum Gasteiger partial charge on any atom is 0.374 e. The van der Waals surface area contributed by atoms with Gasteiger partial charge >= 0.3 is 17.9 Å². The van der Waals surface area contributed by atoms with Crippen molar-refractivity contribution in [1.29, 1.82) is 0 Å². The highest BCUT2D eigenvalue weighted by atomic mass is 16.4. The highest BCUT2D eigenvalue weighted by molar-refractivity contribution is 6.35. The molecule has 0 radical (unpaired) electrons. The van der Waals surface area contributed by atoms with Crippen LogP contribution in [0, 0.1) is 11.8 Å². The third kappa shape index (κ3) is 14.3. The summed E-state index contributed by atoms with van der Waals surface area (Å²) in [5.74, 6) is -11.2. The Morgan fingerprint density at radius 2 is 1.15 bits per heavy atom. The van der Waals surface area contributed by atoms with E-state index in [2.05, 4.69) is 26.6 Å². The number of amides is 6. The number of hydrogen-bond acceptors (Lipinski definition) is 10. The molecule has 8 N–H and O–H groups in total. The lowest BCUT2D eigenvalue weighted by atomic mass is 9.98. The fourth-order valence-corrected chi connectivity index (χ4v) is 5.59. The van der Waals surface area contributed by atoms with E-state index in [9.17, 15) is 53.1 Å². The Balaban J connectivity index is 3.22. The van der Waals surface area contributed by atoms with Crippen LogP contribution in [0.3, 0.4) is 0 Å². The van der Waals surface area contributed by atoms with E-state index in [0.29, 0.717) is 12.8 Å². The Hall–Kier alpha value is -5.10. The summed E-state index contributed by atoms with van der Waals surface area (Å²) in [6.07, 6.45) is -0.694. The first-order valence-corrected chi connectivity index (χ1v) is 17.2. The van der Waals surface area contributed by atoms with Crippen LogP contribution in [0.4, 0.5) is 0 Å². The minimum absolute atomic E-state index is 0.0754. The minimum Gasteiger partial charge on any atom is -0.481 e. The molecule has 1 fully saturated rings. The highest BCUT2D eigenvalue weighted by Crippen LogP contribution is 2.21. The van der Waals surface area contributed by atoms with Gasteiger partial charge in [-0.3, -0.25) is 43.2 Å². The van der Waals surface area contributed by atoms with Gasteiger partial charge in [0.15, 0.2) is 0 Å². The third-order valence-electron chi connectivity index (χ3n) is 8.36. The molecule has 0 aliphatic carbocycles. The van der Waals surface area contributed by atoms with E-state index < -0.39 is 126 Å². The van der Waals surface area contributed by atoms with E-state index in [4.69, 9.17) is 10.2 Å². The molecule has 292 valence electrons. The average Bonchev–Trinajstić information content (AvgIpc) is 3.54. The third-order valence-corrected chi connectivity index (χ3v) is 8.36. The monoisotopic (exact) mass is 740 g/mol. The Morgan fingerprint density at radius 3 is 1.62 bits per heavy atom. The number of carboxylic acids is 3. The van der Waals surface area contributed by atoms with Gasteiger partial charge in [-0.15, -0.1) is 0 Å². The van der Waals surface area contributed by atoms with Crippen LogP contribution < -0.4 is 26.6 Å². The summed E-state index contributed by atoms with van der Waals surface area (Å²) < 4.78 is 0. The van der Waals surface area contributed by atoms with E-state index in [1.807, 2.05) is 0 Å². The van der Waals surface area contributed by atoms with E-state index in [0.717, 1.165) is 6.92 Å². The lowest BCUT2D eigenvalue weighted by molar-refractivity contribution is -0.151. The number of nitrogens with zero attached hydrogens (tertiary/aromatic N) is 1. The number of aliphatic carboxylic acids is 3. The van der Waals surface area contributed by atoms with Crippen molar-refractivity contribution in [3.8, 4) is 0 Å². The van der Waals surface area contributed by atoms with Crippen molar-refractivity contribution in [3.63, 3.8) is 0 Å². The van der Waals surface area contributed by atoms with Gasteiger partial charge < -0.3 is 46.8 Å². The molecule has 1 aliphatic heterocycles. The molecule has 52 heavy (non-hydrogen) atoms. The van der Waals surface area contributed by atoms with Crippen LogP contribution in [-0.4, -0.2) is 122 Å². The largest absolute Gasteiger partial charge is 0.481 e. The Kier molecular flexibility index (Phi) is 18.4. The van der Waals surface area contributed by atoms with E-state index in [1.54, 1.807) is 34.6 Å². The van der Waals surface area contributed by atoms with Crippen LogP contribution in [-0.2, 0) is 47.9 Å². The maximum absolute atomic E-state index is 13.8. The quantitative estimate of drug-likeness (QED) is 0.0614. The summed E-state index contributed by atoms with van der Waals surface area (Å²) in [6.45, 7) is 9.42. The predicted octanol–water partition coefficient (Wildman–Crippen LogP) is -1.08. The molecule has 0 aromatic carbocycles. The van der Waals surface area contributed by atoms with Gasteiger partial charge in [0.1, 0.15) is 30.2 Å². The first-order valence-electron chi connectivity index (χ1n) is 17.2. The van der Waals surface area contributed by atoms with Gasteiger partial charge in [-0.25, -0.2) is 4.79 Å². The van der Waals surface area contributed by atoms with Crippen molar-refractivity contribution in [3.05, 3.63) is 0 Å². The lowest BCUT2D eigenvalue weighted by Gasteiger charge is -2.33. The van der Waals surface area contributed by atoms with E-state index >= 15 is 0 Å². The summed E-state index contributed by atoms with van der Waals surface area (Å²) in [7, 11) is 0. The zero-order chi connectivity index (χ0) is 39.9. The van der Waals surface area contributed by atoms with Gasteiger partial charge in [-0.2, -0.15) is 0 Å². The summed E-state index contributed by atoms with van der Waals surface area (Å²) in [5, 5.41) is 39.6. The molecular weight excluding hydrogens is 688 g/mol. The van der Waals surface area contributed by atoms with Gasteiger partial charge in [0.2, 0.25) is 35.4 Å². The van der Waals surface area contributed by atoms with Crippen molar-refractivity contribution in [2.45, 2.75) is 129 Å². The van der Waals surface area contributed by atoms with Crippen molar-refractivity contribution >= 4 is 59.1 Å². The first kappa shape index (κ1) is 44.9. The number of carbonyl (C=O) groups is 10. The number of nitrogens with one attached hydrogen (secondary N) is 5. The number of Topliss-reactive ketones (excluding diaryl/α,β-unsaturated/α-hetero) is 1. The van der Waals surface area contributed by atoms with E-state index in [-0.39, 0.29) is 25.8 Å². The second-order valence-corrected chi connectivity index (χ2v) is 13.3. The number of likely N-dealkylation sites (tertiary alicyclic amines) is 1. The van der Waals surface area contributed by atoms with Crippen molar-refractivity contribution < 1.29 is 63.3 Å². The molecule has 6 amide bonds. The molecule has 1 rings (SSSR count). The zero-order valence-corrected chi connectivity index (χ0v) is 30.4. The van der Waals surface area contributed by atoms with Crippen LogP contribution in [0.5, 0.6) is 0 Å². The van der Waals surface area contributed by atoms with Crippen LogP contribution >= 0.6 is 0 Å². The molecule has 0 bridgehead atoms. The number of carboxylic acid groups (broad SMARTS) is 3. The molecule has 0 saturated carbocycles. The molecule has 19 heteroatoms. The normalized spacial score (nSPS) is 16.8. The SMILES string of the molecule is CCCC(NC(=O)C1CCCN1C(=O)C(NC(=O)C(NC(=O)C(CCC(=O)O)NC(=O)C(CCC(=O)O)NC(C)=O)C(C)C)C(C)C)C(=O)C(=O)O.